The lowest BCUT2D eigenvalue weighted by Gasteiger charge is -2.15. The first-order valence-electron chi connectivity index (χ1n) is 3.73. The number of aliphatic carboxylic acids is 1. The van der Waals surface area contributed by atoms with E-state index in [2.05, 4.69) is 0 Å². The summed E-state index contributed by atoms with van der Waals surface area (Å²) in [5.74, 6) is -6.39. The second-order valence-electron chi connectivity index (χ2n) is 2.59. The highest BCUT2D eigenvalue weighted by atomic mass is 19.3. The van der Waals surface area contributed by atoms with Gasteiger partial charge in [0.25, 0.3) is 5.91 Å². The van der Waals surface area contributed by atoms with Crippen LogP contribution in [0.1, 0.15) is 20.3 Å². The van der Waals surface area contributed by atoms with Crippen LogP contribution in [0.3, 0.4) is 0 Å². The van der Waals surface area contributed by atoms with Crippen LogP contribution in [0.25, 0.3) is 0 Å². The van der Waals surface area contributed by atoms with Crippen molar-refractivity contribution in [3.63, 3.8) is 0 Å². The molecule has 0 aromatic carbocycles. The fourth-order valence-electron chi connectivity index (χ4n) is 0.525. The summed E-state index contributed by atoms with van der Waals surface area (Å²) in [5.41, 5.74) is 0. The molecule has 13 heavy (non-hydrogen) atoms. The van der Waals surface area contributed by atoms with Gasteiger partial charge in [-0.2, -0.15) is 8.78 Å². The molecule has 4 nitrogen and oxygen atoms in total. The molecule has 0 saturated carbocycles. The van der Waals surface area contributed by atoms with Gasteiger partial charge in [-0.1, -0.05) is 6.92 Å². The average Bonchev–Trinajstić information content (AvgIpc) is 2.04. The normalized spacial score (nSPS) is 13.5. The molecule has 1 amide bonds. The molecule has 0 aliphatic carbocycles. The molecule has 1 atom stereocenters. The van der Waals surface area contributed by atoms with E-state index in [4.69, 9.17) is 5.11 Å². The molecule has 76 valence electrons. The van der Waals surface area contributed by atoms with Crippen molar-refractivity contribution in [3.8, 4) is 0 Å². The first kappa shape index (κ1) is 11.8. The minimum Gasteiger partial charge on any atom is -0.480 e. The highest BCUT2D eigenvalue weighted by molar-refractivity contribution is 5.87. The van der Waals surface area contributed by atoms with Gasteiger partial charge in [-0.25, -0.2) is 0 Å². The number of alkyl halides is 2. The Bertz CT molecular complexity index is 218. The third kappa shape index (κ3) is 3.35. The van der Waals surface area contributed by atoms with Crippen molar-refractivity contribution in [2.75, 3.05) is 0 Å². The van der Waals surface area contributed by atoms with Gasteiger partial charge in [0.15, 0.2) is 0 Å². The smallest absolute Gasteiger partial charge is 0.325 e. The second kappa shape index (κ2) is 4.15. The molecule has 0 aliphatic rings. The number of hydrogen-bond acceptors (Lipinski definition) is 2. The van der Waals surface area contributed by atoms with Crippen molar-refractivity contribution in [2.24, 2.45) is 0 Å². The predicted octanol–water partition coefficient (Wildman–Crippen LogP) is 0.621. The summed E-state index contributed by atoms with van der Waals surface area (Å²) in [4.78, 5) is 20.9. The van der Waals surface area contributed by atoms with Gasteiger partial charge < -0.3 is 10.4 Å². The summed E-state index contributed by atoms with van der Waals surface area (Å²) >= 11 is 0. The Morgan fingerprint density at radius 3 is 2.31 bits per heavy atom. The zero-order chi connectivity index (χ0) is 10.6. The van der Waals surface area contributed by atoms with Gasteiger partial charge in [-0.15, -0.1) is 0 Å². The quantitative estimate of drug-likeness (QED) is 0.691. The molecular formula is C7H11F2NO3. The number of halogens is 2. The van der Waals surface area contributed by atoms with Crippen molar-refractivity contribution < 1.29 is 23.5 Å². The van der Waals surface area contributed by atoms with Crippen molar-refractivity contribution in [1.29, 1.82) is 0 Å². The Balaban J connectivity index is 4.23. The van der Waals surface area contributed by atoms with E-state index in [9.17, 15) is 18.4 Å². The van der Waals surface area contributed by atoms with E-state index in [1.165, 1.54) is 0 Å². The second-order valence-corrected chi connectivity index (χ2v) is 2.59. The Hall–Kier alpha value is -1.20. The molecule has 0 saturated heterocycles. The number of amides is 1. The molecule has 2 N–H and O–H groups in total. The maximum Gasteiger partial charge on any atom is 0.325 e. The minimum absolute atomic E-state index is 0.648. The lowest BCUT2D eigenvalue weighted by molar-refractivity contribution is -0.151. The SMILES string of the molecule is CCC(F)(F)C(=O)NC(C)C(=O)O. The standard InChI is InChI=1S/C7H11F2NO3/c1-3-7(8,9)6(13)10-4(2)5(11)12/h4H,3H2,1-2H3,(H,10,13)(H,11,12). The summed E-state index contributed by atoms with van der Waals surface area (Å²) < 4.78 is 25.1. The zero-order valence-electron chi connectivity index (χ0n) is 7.30. The summed E-state index contributed by atoms with van der Waals surface area (Å²) in [5, 5.41) is 9.99. The van der Waals surface area contributed by atoms with E-state index in [0.29, 0.717) is 0 Å². The van der Waals surface area contributed by atoms with Crippen molar-refractivity contribution in [1.82, 2.24) is 5.32 Å². The monoisotopic (exact) mass is 195 g/mol. The number of hydrogen-bond donors (Lipinski definition) is 2. The number of rotatable bonds is 4. The summed E-state index contributed by atoms with van der Waals surface area (Å²) in [6, 6.07) is -1.30. The highest BCUT2D eigenvalue weighted by Gasteiger charge is 2.37. The summed E-state index contributed by atoms with van der Waals surface area (Å²) in [6.45, 7) is 2.26. The molecule has 1 unspecified atom stereocenters. The molecule has 0 rings (SSSR count). The first-order chi connectivity index (χ1) is 5.81. The van der Waals surface area contributed by atoms with Gasteiger partial charge in [0.1, 0.15) is 6.04 Å². The number of carbonyl (C=O) groups excluding carboxylic acids is 1. The Morgan fingerprint density at radius 2 is 2.00 bits per heavy atom. The predicted molar refractivity (Wildman–Crippen MR) is 40.5 cm³/mol. The highest BCUT2D eigenvalue weighted by Crippen LogP contribution is 2.17. The van der Waals surface area contributed by atoms with E-state index in [1.807, 2.05) is 0 Å². The molecule has 0 aromatic rings. The molecule has 0 aliphatic heterocycles. The van der Waals surface area contributed by atoms with Crippen LogP contribution < -0.4 is 5.32 Å². The fraction of sp³-hybridized carbons (Fsp3) is 0.714. The lowest BCUT2D eigenvalue weighted by Crippen LogP contribution is -2.46. The number of carbonyl (C=O) groups is 2. The molecule has 0 bridgehead atoms. The van der Waals surface area contributed by atoms with Gasteiger partial charge >= 0.3 is 11.9 Å². The van der Waals surface area contributed by atoms with Crippen molar-refractivity contribution in [2.45, 2.75) is 32.2 Å². The zero-order valence-corrected chi connectivity index (χ0v) is 7.30. The molecule has 0 heterocycles. The van der Waals surface area contributed by atoms with Crippen molar-refractivity contribution >= 4 is 11.9 Å². The summed E-state index contributed by atoms with van der Waals surface area (Å²) in [7, 11) is 0. The largest absolute Gasteiger partial charge is 0.480 e. The number of nitrogens with one attached hydrogen (secondary N) is 1. The molecule has 0 radical (unpaired) electrons. The van der Waals surface area contributed by atoms with E-state index in [1.54, 1.807) is 5.32 Å². The number of carboxylic acids is 1. The van der Waals surface area contributed by atoms with Gasteiger partial charge in [0.05, 0.1) is 0 Å². The third-order valence-electron chi connectivity index (χ3n) is 1.49. The lowest BCUT2D eigenvalue weighted by atomic mass is 10.2. The first-order valence-corrected chi connectivity index (χ1v) is 3.73. The van der Waals surface area contributed by atoms with E-state index < -0.39 is 30.3 Å². The maximum absolute atomic E-state index is 12.6. The van der Waals surface area contributed by atoms with E-state index in [-0.39, 0.29) is 0 Å². The maximum atomic E-state index is 12.6. The van der Waals surface area contributed by atoms with Gasteiger partial charge in [-0.05, 0) is 6.92 Å². The third-order valence-corrected chi connectivity index (χ3v) is 1.49. The average molecular weight is 195 g/mol. The minimum atomic E-state index is -3.50. The Labute approximate surface area is 73.9 Å². The van der Waals surface area contributed by atoms with Crippen molar-refractivity contribution in [3.05, 3.63) is 0 Å². The molecular weight excluding hydrogens is 184 g/mol. The van der Waals surface area contributed by atoms with Crippen LogP contribution in [-0.2, 0) is 9.59 Å². The van der Waals surface area contributed by atoms with Crippen LogP contribution >= 0.6 is 0 Å². The Morgan fingerprint density at radius 1 is 1.54 bits per heavy atom. The van der Waals surface area contributed by atoms with Gasteiger partial charge in [-0.3, -0.25) is 9.59 Å². The molecule has 0 fully saturated rings. The molecule has 0 spiro atoms. The fourth-order valence-corrected chi connectivity index (χ4v) is 0.525. The number of carboxylic acid groups (broad SMARTS) is 1. The van der Waals surface area contributed by atoms with Crippen LogP contribution in [0.4, 0.5) is 8.78 Å². The molecule has 6 heteroatoms. The Kier molecular flexibility index (Phi) is 3.77. The van der Waals surface area contributed by atoms with Gasteiger partial charge in [0.2, 0.25) is 0 Å². The van der Waals surface area contributed by atoms with E-state index in [0.717, 1.165) is 13.8 Å². The van der Waals surface area contributed by atoms with Gasteiger partial charge in [0, 0.05) is 6.42 Å². The van der Waals surface area contributed by atoms with Crippen LogP contribution in [-0.4, -0.2) is 28.9 Å². The van der Waals surface area contributed by atoms with E-state index >= 15 is 0 Å². The summed E-state index contributed by atoms with van der Waals surface area (Å²) in [6.07, 6.45) is -0.648. The topological polar surface area (TPSA) is 66.4 Å². The molecule has 0 aromatic heterocycles. The van der Waals surface area contributed by atoms with Crippen LogP contribution in [0, 0.1) is 0 Å². The van der Waals surface area contributed by atoms with Crippen LogP contribution in [0.5, 0.6) is 0 Å². The van der Waals surface area contributed by atoms with Crippen LogP contribution in [0.15, 0.2) is 0 Å². The van der Waals surface area contributed by atoms with Crippen LogP contribution in [0.2, 0.25) is 0 Å².